The van der Waals surface area contributed by atoms with Crippen LogP contribution in [0.3, 0.4) is 0 Å². The summed E-state index contributed by atoms with van der Waals surface area (Å²) in [5.74, 6) is -0.509. The van der Waals surface area contributed by atoms with Crippen molar-refractivity contribution in [1.82, 2.24) is 10.2 Å². The molecule has 0 saturated heterocycles. The second-order valence-corrected chi connectivity index (χ2v) is 5.36. The maximum atomic E-state index is 13.3. The zero-order chi connectivity index (χ0) is 14.7. The number of hydrogen-bond acceptors (Lipinski definition) is 4. The molecule has 0 unspecified atom stereocenters. The summed E-state index contributed by atoms with van der Waals surface area (Å²) in [6.07, 6.45) is 1.76. The molecule has 6 heteroatoms. The van der Waals surface area contributed by atoms with E-state index in [2.05, 4.69) is 15.5 Å². The summed E-state index contributed by atoms with van der Waals surface area (Å²) in [4.78, 5) is 1.11. The summed E-state index contributed by atoms with van der Waals surface area (Å²) < 4.78 is 13.3. The number of hydrogen-bond donors (Lipinski definition) is 2. The first-order valence-electron chi connectivity index (χ1n) is 6.27. The maximum Gasteiger partial charge on any atom is 0.141 e. The average molecular weight is 298 g/mol. The van der Waals surface area contributed by atoms with Gasteiger partial charge >= 0.3 is 0 Å². The van der Waals surface area contributed by atoms with Crippen molar-refractivity contribution < 1.29 is 4.39 Å². The molecule has 2 N–H and O–H groups in total. The van der Waals surface area contributed by atoms with E-state index >= 15 is 0 Å². The molecule has 0 spiro atoms. The van der Waals surface area contributed by atoms with E-state index in [-0.39, 0.29) is 5.56 Å². The fraction of sp³-hybridized carbons (Fsp3) is 0.0667. The van der Waals surface area contributed by atoms with Gasteiger partial charge in [0.1, 0.15) is 11.9 Å². The van der Waals surface area contributed by atoms with Gasteiger partial charge in [-0.05, 0) is 29.6 Å². The molecular formula is C15H11FN4S. The molecule has 21 heavy (non-hydrogen) atoms. The molecule has 4 nitrogen and oxygen atoms in total. The number of thiophene rings is 1. The third-order valence-corrected chi connectivity index (χ3v) is 3.94. The number of nitrogens with one attached hydrogen (secondary N) is 2. The lowest BCUT2D eigenvalue weighted by atomic mass is 10.2. The number of nitrogens with zero attached hydrogens (tertiary/aromatic N) is 2. The normalized spacial score (nSPS) is 10.3. The predicted molar refractivity (Wildman–Crippen MR) is 80.3 cm³/mol. The van der Waals surface area contributed by atoms with Crippen LogP contribution in [0.15, 0.2) is 41.9 Å². The number of H-pyrrole nitrogens is 1. The van der Waals surface area contributed by atoms with Gasteiger partial charge in [-0.3, -0.25) is 5.10 Å². The molecule has 3 aromatic rings. The van der Waals surface area contributed by atoms with Crippen molar-refractivity contribution in [3.63, 3.8) is 0 Å². The number of aromatic amines is 1. The van der Waals surface area contributed by atoms with Crippen LogP contribution in [-0.2, 0) is 6.54 Å². The van der Waals surface area contributed by atoms with Gasteiger partial charge in [0.05, 0.1) is 22.3 Å². The van der Waals surface area contributed by atoms with E-state index in [9.17, 15) is 4.39 Å². The largest absolute Gasteiger partial charge is 0.381 e. The van der Waals surface area contributed by atoms with Crippen LogP contribution in [0.2, 0.25) is 0 Å². The smallest absolute Gasteiger partial charge is 0.141 e. The second kappa shape index (κ2) is 5.77. The van der Waals surface area contributed by atoms with Crippen LogP contribution in [0.25, 0.3) is 10.6 Å². The molecule has 0 bridgehead atoms. The average Bonchev–Trinajstić information content (AvgIpc) is 3.17. The number of anilines is 1. The van der Waals surface area contributed by atoms with Crippen LogP contribution in [0.1, 0.15) is 11.1 Å². The molecule has 2 aromatic heterocycles. The van der Waals surface area contributed by atoms with Crippen molar-refractivity contribution in [2.75, 3.05) is 5.32 Å². The first-order valence-corrected chi connectivity index (χ1v) is 7.15. The first kappa shape index (κ1) is 13.3. The van der Waals surface area contributed by atoms with Crippen molar-refractivity contribution in [2.45, 2.75) is 6.54 Å². The topological polar surface area (TPSA) is 64.5 Å². The van der Waals surface area contributed by atoms with Crippen molar-refractivity contribution in [3.05, 3.63) is 58.9 Å². The molecule has 104 valence electrons. The molecule has 3 rings (SSSR count). The van der Waals surface area contributed by atoms with Gasteiger partial charge in [-0.2, -0.15) is 10.4 Å². The highest BCUT2D eigenvalue weighted by atomic mass is 32.1. The molecule has 0 aliphatic rings. The van der Waals surface area contributed by atoms with Crippen LogP contribution in [0, 0.1) is 17.1 Å². The molecule has 0 aliphatic heterocycles. The van der Waals surface area contributed by atoms with Crippen LogP contribution >= 0.6 is 11.3 Å². The van der Waals surface area contributed by atoms with Crippen LogP contribution in [-0.4, -0.2) is 10.2 Å². The molecule has 0 radical (unpaired) electrons. The summed E-state index contributed by atoms with van der Waals surface area (Å²) >= 11 is 1.63. The molecule has 0 atom stereocenters. The molecule has 0 fully saturated rings. The lowest BCUT2D eigenvalue weighted by Gasteiger charge is -2.07. The lowest BCUT2D eigenvalue weighted by molar-refractivity contribution is 0.624. The number of aromatic nitrogens is 2. The van der Waals surface area contributed by atoms with Gasteiger partial charge in [0.2, 0.25) is 0 Å². The second-order valence-electron chi connectivity index (χ2n) is 4.41. The van der Waals surface area contributed by atoms with Crippen LogP contribution in [0.4, 0.5) is 10.1 Å². The monoisotopic (exact) mass is 298 g/mol. The fourth-order valence-electron chi connectivity index (χ4n) is 2.00. The van der Waals surface area contributed by atoms with Gasteiger partial charge in [0, 0.05) is 17.8 Å². The van der Waals surface area contributed by atoms with Gasteiger partial charge in [0.25, 0.3) is 0 Å². The molecule has 0 saturated carbocycles. The van der Waals surface area contributed by atoms with Gasteiger partial charge in [-0.15, -0.1) is 11.3 Å². The summed E-state index contributed by atoms with van der Waals surface area (Å²) in [6.45, 7) is 0.542. The summed E-state index contributed by atoms with van der Waals surface area (Å²) in [6, 6.07) is 10.2. The van der Waals surface area contributed by atoms with E-state index in [0.29, 0.717) is 12.2 Å². The van der Waals surface area contributed by atoms with Gasteiger partial charge in [-0.1, -0.05) is 6.07 Å². The predicted octanol–water partition coefficient (Wildman–Crippen LogP) is 3.76. The molecular weight excluding hydrogens is 287 g/mol. The molecule has 0 aliphatic carbocycles. The summed E-state index contributed by atoms with van der Waals surface area (Å²) in [5.41, 5.74) is 2.72. The standard InChI is InChI=1S/C15H11FN4S/c16-13-4-3-12(6-10(13)7-17)18-8-11-9-19-20-15(11)14-2-1-5-21-14/h1-6,9,18H,8H2,(H,19,20). The van der Waals surface area contributed by atoms with Crippen LogP contribution < -0.4 is 5.32 Å². The Balaban J connectivity index is 1.77. The number of rotatable bonds is 4. The quantitative estimate of drug-likeness (QED) is 0.770. The minimum Gasteiger partial charge on any atom is -0.381 e. The Hall–Kier alpha value is -2.65. The fourth-order valence-corrected chi connectivity index (χ4v) is 2.75. The number of benzene rings is 1. The molecule has 0 amide bonds. The van der Waals surface area contributed by atoms with Crippen molar-refractivity contribution >= 4 is 17.0 Å². The van der Waals surface area contributed by atoms with E-state index in [4.69, 9.17) is 5.26 Å². The summed E-state index contributed by atoms with van der Waals surface area (Å²) in [5, 5.41) is 21.1. The van der Waals surface area contributed by atoms with Gasteiger partial charge in [-0.25, -0.2) is 4.39 Å². The number of nitriles is 1. The Morgan fingerprint density at radius 1 is 1.38 bits per heavy atom. The zero-order valence-corrected chi connectivity index (χ0v) is 11.7. The highest BCUT2D eigenvalue weighted by Crippen LogP contribution is 2.26. The summed E-state index contributed by atoms with van der Waals surface area (Å²) in [7, 11) is 0. The Labute approximate surface area is 124 Å². The van der Waals surface area contributed by atoms with E-state index in [1.54, 1.807) is 23.6 Å². The van der Waals surface area contributed by atoms with Crippen molar-refractivity contribution in [3.8, 4) is 16.6 Å². The van der Waals surface area contributed by atoms with E-state index in [1.807, 2.05) is 23.6 Å². The zero-order valence-electron chi connectivity index (χ0n) is 10.9. The van der Waals surface area contributed by atoms with Gasteiger partial charge < -0.3 is 5.32 Å². The maximum absolute atomic E-state index is 13.3. The van der Waals surface area contributed by atoms with E-state index in [0.717, 1.165) is 16.1 Å². The third-order valence-electron chi connectivity index (χ3n) is 3.06. The lowest BCUT2D eigenvalue weighted by Crippen LogP contribution is -2.00. The Bertz CT molecular complexity index is 786. The van der Waals surface area contributed by atoms with Crippen LogP contribution in [0.5, 0.6) is 0 Å². The highest BCUT2D eigenvalue weighted by molar-refractivity contribution is 7.13. The Morgan fingerprint density at radius 3 is 3.05 bits per heavy atom. The minimum atomic E-state index is -0.509. The minimum absolute atomic E-state index is 0.0330. The third kappa shape index (κ3) is 2.78. The van der Waals surface area contributed by atoms with Crippen molar-refractivity contribution in [1.29, 1.82) is 5.26 Å². The van der Waals surface area contributed by atoms with E-state index in [1.165, 1.54) is 12.1 Å². The molecule has 2 heterocycles. The highest BCUT2D eigenvalue weighted by Gasteiger charge is 2.09. The first-order chi connectivity index (χ1) is 10.3. The Kier molecular flexibility index (Phi) is 3.67. The molecule has 1 aromatic carbocycles. The van der Waals surface area contributed by atoms with E-state index < -0.39 is 5.82 Å². The van der Waals surface area contributed by atoms with Crippen molar-refractivity contribution in [2.24, 2.45) is 0 Å². The number of halogens is 1. The SMILES string of the molecule is N#Cc1cc(NCc2cn[nH]c2-c2cccs2)ccc1F. The van der Waals surface area contributed by atoms with Gasteiger partial charge in [0.15, 0.2) is 0 Å². The Morgan fingerprint density at radius 2 is 2.29 bits per heavy atom.